The van der Waals surface area contributed by atoms with Gasteiger partial charge in [0.25, 0.3) is 0 Å². The lowest BCUT2D eigenvalue weighted by Gasteiger charge is -2.06. The zero-order chi connectivity index (χ0) is 13.3. The van der Waals surface area contributed by atoms with E-state index in [0.29, 0.717) is 4.90 Å². The molecule has 0 heterocycles. The smallest absolute Gasteiger partial charge is 0.208 e. The summed E-state index contributed by atoms with van der Waals surface area (Å²) in [6.07, 6.45) is 1.89. The van der Waals surface area contributed by atoms with Gasteiger partial charge in [-0.25, -0.2) is 13.1 Å². The molecule has 2 aromatic carbocycles. The van der Waals surface area contributed by atoms with E-state index in [-0.39, 0.29) is 6.04 Å². The number of rotatable bonds is 4. The van der Waals surface area contributed by atoms with E-state index in [0.717, 1.165) is 24.0 Å². The van der Waals surface area contributed by atoms with Crippen LogP contribution in [0.1, 0.15) is 12.8 Å². The van der Waals surface area contributed by atoms with Crippen molar-refractivity contribution in [2.45, 2.75) is 23.8 Å². The van der Waals surface area contributed by atoms with Gasteiger partial charge in [-0.15, -0.1) is 0 Å². The van der Waals surface area contributed by atoms with E-state index in [2.05, 4.69) is 4.72 Å². The Hall–Kier alpha value is -1.65. The third-order valence-electron chi connectivity index (χ3n) is 3.17. The lowest BCUT2D eigenvalue weighted by Crippen LogP contribution is -2.25. The molecule has 0 aliphatic heterocycles. The third-order valence-corrected chi connectivity index (χ3v) is 4.71. The van der Waals surface area contributed by atoms with Crippen molar-refractivity contribution in [2.24, 2.45) is 0 Å². The van der Waals surface area contributed by atoms with Crippen molar-refractivity contribution in [3.63, 3.8) is 0 Å². The second kappa shape index (κ2) is 4.79. The molecule has 0 atom stereocenters. The first kappa shape index (κ1) is 12.4. The van der Waals surface area contributed by atoms with Gasteiger partial charge in [0.2, 0.25) is 10.0 Å². The van der Waals surface area contributed by atoms with Gasteiger partial charge in [-0.3, -0.25) is 0 Å². The van der Waals surface area contributed by atoms with Crippen molar-refractivity contribution in [1.82, 2.24) is 4.72 Å². The average Bonchev–Trinajstić information content (AvgIpc) is 3.23. The minimum atomic E-state index is -3.35. The van der Waals surface area contributed by atoms with Crippen LogP contribution in [0.4, 0.5) is 0 Å². The normalized spacial score (nSPS) is 15.4. The molecular formula is C15H15NO2S. The predicted molar refractivity (Wildman–Crippen MR) is 75.2 cm³/mol. The van der Waals surface area contributed by atoms with Crippen molar-refractivity contribution >= 4 is 10.0 Å². The van der Waals surface area contributed by atoms with Gasteiger partial charge in [0.15, 0.2) is 0 Å². The van der Waals surface area contributed by atoms with Crippen LogP contribution in [0.3, 0.4) is 0 Å². The summed E-state index contributed by atoms with van der Waals surface area (Å²) in [6.45, 7) is 0. The van der Waals surface area contributed by atoms with Crippen LogP contribution < -0.4 is 4.72 Å². The Morgan fingerprint density at radius 1 is 0.842 bits per heavy atom. The Balaban J connectivity index is 1.86. The summed E-state index contributed by atoms with van der Waals surface area (Å²) in [5.41, 5.74) is 2.10. The van der Waals surface area contributed by atoms with Crippen LogP contribution in [-0.4, -0.2) is 14.5 Å². The molecule has 1 aliphatic rings. The minimum absolute atomic E-state index is 0.138. The molecule has 3 rings (SSSR count). The Bertz CT molecular complexity index is 659. The first-order valence-electron chi connectivity index (χ1n) is 6.33. The molecule has 98 valence electrons. The summed E-state index contributed by atoms with van der Waals surface area (Å²) in [7, 11) is -3.35. The summed E-state index contributed by atoms with van der Waals surface area (Å²) in [5, 5.41) is 0. The molecule has 1 fully saturated rings. The summed E-state index contributed by atoms with van der Waals surface area (Å²) in [6, 6.07) is 17.1. The molecule has 2 aromatic rings. The molecule has 0 amide bonds. The first-order valence-corrected chi connectivity index (χ1v) is 7.81. The number of hydrogen-bond acceptors (Lipinski definition) is 2. The number of benzene rings is 2. The van der Waals surface area contributed by atoms with Gasteiger partial charge >= 0.3 is 0 Å². The Labute approximate surface area is 113 Å². The van der Waals surface area contributed by atoms with Crippen LogP contribution in [0.2, 0.25) is 0 Å². The van der Waals surface area contributed by atoms with Crippen molar-refractivity contribution in [2.75, 3.05) is 0 Å². The quantitative estimate of drug-likeness (QED) is 0.931. The van der Waals surface area contributed by atoms with Gasteiger partial charge in [-0.1, -0.05) is 42.5 Å². The molecule has 1 saturated carbocycles. The SMILES string of the molecule is O=S(=O)(NC1CC1)c1ccc(-c2ccccc2)cc1. The molecule has 19 heavy (non-hydrogen) atoms. The highest BCUT2D eigenvalue weighted by molar-refractivity contribution is 7.89. The molecule has 0 aromatic heterocycles. The molecule has 0 radical (unpaired) electrons. The maximum absolute atomic E-state index is 12.0. The topological polar surface area (TPSA) is 46.2 Å². The molecule has 1 aliphatic carbocycles. The molecule has 0 saturated heterocycles. The van der Waals surface area contributed by atoms with Crippen LogP contribution in [0, 0.1) is 0 Å². The molecular weight excluding hydrogens is 258 g/mol. The molecule has 3 nitrogen and oxygen atoms in total. The average molecular weight is 273 g/mol. The fourth-order valence-electron chi connectivity index (χ4n) is 1.95. The van der Waals surface area contributed by atoms with E-state index < -0.39 is 10.0 Å². The number of nitrogens with one attached hydrogen (secondary N) is 1. The van der Waals surface area contributed by atoms with E-state index in [1.807, 2.05) is 42.5 Å². The largest absolute Gasteiger partial charge is 0.240 e. The molecule has 1 N–H and O–H groups in total. The number of hydrogen-bond donors (Lipinski definition) is 1. The zero-order valence-electron chi connectivity index (χ0n) is 10.4. The van der Waals surface area contributed by atoms with Gasteiger partial charge in [0, 0.05) is 6.04 Å². The van der Waals surface area contributed by atoms with Crippen LogP contribution in [0.25, 0.3) is 11.1 Å². The second-order valence-corrected chi connectivity index (χ2v) is 6.50. The van der Waals surface area contributed by atoms with Crippen LogP contribution in [0.5, 0.6) is 0 Å². The summed E-state index contributed by atoms with van der Waals surface area (Å²) < 4.78 is 26.7. The Morgan fingerprint density at radius 2 is 1.42 bits per heavy atom. The zero-order valence-corrected chi connectivity index (χ0v) is 11.2. The Kier molecular flexibility index (Phi) is 3.12. The monoisotopic (exact) mass is 273 g/mol. The van der Waals surface area contributed by atoms with Gasteiger partial charge in [-0.2, -0.15) is 0 Å². The summed E-state index contributed by atoms with van der Waals surface area (Å²) in [4.78, 5) is 0.332. The van der Waals surface area contributed by atoms with Gasteiger partial charge in [-0.05, 0) is 36.1 Å². The van der Waals surface area contributed by atoms with E-state index in [9.17, 15) is 8.42 Å². The number of sulfonamides is 1. The van der Waals surface area contributed by atoms with Crippen molar-refractivity contribution in [1.29, 1.82) is 0 Å². The fourth-order valence-corrected chi connectivity index (χ4v) is 3.25. The minimum Gasteiger partial charge on any atom is -0.208 e. The molecule has 4 heteroatoms. The first-order chi connectivity index (χ1) is 9.15. The highest BCUT2D eigenvalue weighted by Gasteiger charge is 2.27. The maximum atomic E-state index is 12.0. The summed E-state index contributed by atoms with van der Waals surface area (Å²) in [5.74, 6) is 0. The Morgan fingerprint density at radius 3 is 2.00 bits per heavy atom. The second-order valence-electron chi connectivity index (χ2n) is 4.79. The van der Waals surface area contributed by atoms with Gasteiger partial charge < -0.3 is 0 Å². The summed E-state index contributed by atoms with van der Waals surface area (Å²) >= 11 is 0. The van der Waals surface area contributed by atoms with Crippen molar-refractivity contribution in [3.05, 3.63) is 54.6 Å². The van der Waals surface area contributed by atoms with E-state index in [4.69, 9.17) is 0 Å². The standard InChI is InChI=1S/C15H15NO2S/c17-19(18,16-14-8-9-14)15-10-6-13(7-11-15)12-4-2-1-3-5-12/h1-7,10-11,14,16H,8-9H2. The van der Waals surface area contributed by atoms with E-state index in [1.54, 1.807) is 12.1 Å². The lowest BCUT2D eigenvalue weighted by atomic mass is 10.1. The predicted octanol–water partition coefficient (Wildman–Crippen LogP) is 2.79. The van der Waals surface area contributed by atoms with Gasteiger partial charge in [0.1, 0.15) is 0 Å². The molecule has 0 bridgehead atoms. The van der Waals surface area contributed by atoms with Crippen LogP contribution in [0.15, 0.2) is 59.5 Å². The highest BCUT2D eigenvalue weighted by atomic mass is 32.2. The molecule has 0 unspecified atom stereocenters. The highest BCUT2D eigenvalue weighted by Crippen LogP contribution is 2.24. The lowest BCUT2D eigenvalue weighted by molar-refractivity contribution is 0.581. The third kappa shape index (κ3) is 2.85. The van der Waals surface area contributed by atoms with E-state index >= 15 is 0 Å². The van der Waals surface area contributed by atoms with Crippen LogP contribution >= 0.6 is 0 Å². The van der Waals surface area contributed by atoms with Crippen molar-refractivity contribution in [3.8, 4) is 11.1 Å². The molecule has 0 spiro atoms. The fraction of sp³-hybridized carbons (Fsp3) is 0.200. The van der Waals surface area contributed by atoms with Crippen molar-refractivity contribution < 1.29 is 8.42 Å². The van der Waals surface area contributed by atoms with E-state index in [1.165, 1.54) is 0 Å². The van der Waals surface area contributed by atoms with Crippen LogP contribution in [-0.2, 0) is 10.0 Å². The van der Waals surface area contributed by atoms with Gasteiger partial charge in [0.05, 0.1) is 4.90 Å². The maximum Gasteiger partial charge on any atom is 0.240 e.